The van der Waals surface area contributed by atoms with Crippen molar-refractivity contribution in [2.45, 2.75) is 19.8 Å². The van der Waals surface area contributed by atoms with E-state index < -0.39 is 0 Å². The number of nitrogens with two attached hydrogens (primary N) is 1. The lowest BCUT2D eigenvalue weighted by molar-refractivity contribution is 0.791. The Kier molecular flexibility index (Phi) is 5.19. The number of aliphatic imine (C=N–C) groups is 1. The van der Waals surface area contributed by atoms with Crippen molar-refractivity contribution in [1.29, 1.82) is 0 Å². The standard InChI is InChI=1S/C12H20N4/c1-3-4-10-14-12(13)15-16(2)11-8-6-5-7-9-11/h5-9H,3-4,10H2,1-2H3,(H3,13,14,15). The van der Waals surface area contributed by atoms with Gasteiger partial charge in [0, 0.05) is 13.6 Å². The Morgan fingerprint density at radius 2 is 2.06 bits per heavy atom. The summed E-state index contributed by atoms with van der Waals surface area (Å²) in [5.41, 5.74) is 9.82. The van der Waals surface area contributed by atoms with Crippen LogP contribution in [0.15, 0.2) is 35.3 Å². The Hall–Kier alpha value is -1.71. The van der Waals surface area contributed by atoms with Crippen LogP contribution in [0.5, 0.6) is 0 Å². The third-order valence-corrected chi connectivity index (χ3v) is 2.22. The van der Waals surface area contributed by atoms with Gasteiger partial charge in [0.2, 0.25) is 5.96 Å². The van der Waals surface area contributed by atoms with Crippen LogP contribution in [-0.2, 0) is 0 Å². The molecule has 3 N–H and O–H groups in total. The molecule has 0 spiro atoms. The molecule has 0 heterocycles. The van der Waals surface area contributed by atoms with Gasteiger partial charge >= 0.3 is 0 Å². The number of hydrogen-bond acceptors (Lipinski definition) is 2. The van der Waals surface area contributed by atoms with Crippen LogP contribution < -0.4 is 16.2 Å². The summed E-state index contributed by atoms with van der Waals surface area (Å²) in [5.74, 6) is 0.458. The second kappa shape index (κ2) is 6.71. The number of para-hydroxylation sites is 1. The summed E-state index contributed by atoms with van der Waals surface area (Å²) in [6.07, 6.45) is 2.20. The zero-order chi connectivity index (χ0) is 11.8. The number of rotatable bonds is 5. The Bertz CT molecular complexity index is 321. The molecule has 0 amide bonds. The minimum absolute atomic E-state index is 0.458. The summed E-state index contributed by atoms with van der Waals surface area (Å²) >= 11 is 0. The van der Waals surface area contributed by atoms with Gasteiger partial charge in [-0.15, -0.1) is 0 Å². The number of nitrogens with one attached hydrogen (secondary N) is 1. The van der Waals surface area contributed by atoms with E-state index in [1.54, 1.807) is 0 Å². The van der Waals surface area contributed by atoms with Gasteiger partial charge in [-0.2, -0.15) is 0 Å². The Morgan fingerprint density at radius 1 is 1.38 bits per heavy atom. The molecule has 1 aromatic rings. The van der Waals surface area contributed by atoms with E-state index in [1.807, 2.05) is 42.4 Å². The largest absolute Gasteiger partial charge is 0.369 e. The summed E-state index contributed by atoms with van der Waals surface area (Å²) in [4.78, 5) is 4.22. The first-order valence-corrected chi connectivity index (χ1v) is 5.59. The molecule has 88 valence electrons. The fourth-order valence-electron chi connectivity index (χ4n) is 1.28. The van der Waals surface area contributed by atoms with Crippen molar-refractivity contribution in [3.05, 3.63) is 30.3 Å². The molecule has 0 aliphatic carbocycles. The van der Waals surface area contributed by atoms with Crippen molar-refractivity contribution in [3.8, 4) is 0 Å². The van der Waals surface area contributed by atoms with E-state index in [0.717, 1.165) is 25.1 Å². The lowest BCUT2D eigenvalue weighted by atomic mass is 10.3. The molecule has 0 aliphatic rings. The second-order valence-electron chi connectivity index (χ2n) is 3.63. The van der Waals surface area contributed by atoms with Crippen molar-refractivity contribution >= 4 is 11.6 Å². The Morgan fingerprint density at radius 3 is 2.69 bits per heavy atom. The molecule has 4 nitrogen and oxygen atoms in total. The quantitative estimate of drug-likeness (QED) is 0.344. The van der Waals surface area contributed by atoms with E-state index in [9.17, 15) is 0 Å². The van der Waals surface area contributed by atoms with E-state index in [4.69, 9.17) is 5.73 Å². The average Bonchev–Trinajstić information content (AvgIpc) is 2.30. The average molecular weight is 220 g/mol. The van der Waals surface area contributed by atoms with Gasteiger partial charge in [0.25, 0.3) is 0 Å². The summed E-state index contributed by atoms with van der Waals surface area (Å²) in [5, 5.41) is 1.85. The van der Waals surface area contributed by atoms with Crippen molar-refractivity contribution < 1.29 is 0 Å². The molecule has 4 heteroatoms. The number of benzene rings is 1. The normalized spacial score (nSPS) is 11.2. The highest BCUT2D eigenvalue weighted by molar-refractivity contribution is 5.79. The fraction of sp³-hybridized carbons (Fsp3) is 0.417. The van der Waals surface area contributed by atoms with Crippen molar-refractivity contribution in [1.82, 2.24) is 5.43 Å². The second-order valence-corrected chi connectivity index (χ2v) is 3.63. The predicted octanol–water partition coefficient (Wildman–Crippen LogP) is 1.74. The SMILES string of the molecule is CCCCN=C(N)NN(C)c1ccccc1. The van der Waals surface area contributed by atoms with E-state index >= 15 is 0 Å². The van der Waals surface area contributed by atoms with Crippen LogP contribution in [0.1, 0.15) is 19.8 Å². The molecular formula is C12H20N4. The maximum Gasteiger partial charge on any atom is 0.207 e. The van der Waals surface area contributed by atoms with Gasteiger partial charge in [0.05, 0.1) is 5.69 Å². The highest BCUT2D eigenvalue weighted by Crippen LogP contribution is 2.07. The number of unbranched alkanes of at least 4 members (excludes halogenated alkanes) is 1. The molecular weight excluding hydrogens is 200 g/mol. The van der Waals surface area contributed by atoms with Gasteiger partial charge < -0.3 is 5.73 Å². The lowest BCUT2D eigenvalue weighted by Gasteiger charge is -2.20. The van der Waals surface area contributed by atoms with Crippen LogP contribution in [0, 0.1) is 0 Å². The van der Waals surface area contributed by atoms with Crippen LogP contribution >= 0.6 is 0 Å². The van der Waals surface area contributed by atoms with Gasteiger partial charge in [-0.25, -0.2) is 0 Å². The Labute approximate surface area is 97.1 Å². The molecule has 0 fully saturated rings. The third-order valence-electron chi connectivity index (χ3n) is 2.22. The van der Waals surface area contributed by atoms with E-state index in [2.05, 4.69) is 17.3 Å². The lowest BCUT2D eigenvalue weighted by Crippen LogP contribution is -2.44. The van der Waals surface area contributed by atoms with Crippen LogP contribution in [0.3, 0.4) is 0 Å². The fourth-order valence-corrected chi connectivity index (χ4v) is 1.28. The summed E-state index contributed by atoms with van der Waals surface area (Å²) in [6, 6.07) is 9.96. The first kappa shape index (κ1) is 12.4. The van der Waals surface area contributed by atoms with Crippen LogP contribution in [0.2, 0.25) is 0 Å². The molecule has 1 rings (SSSR count). The maximum absolute atomic E-state index is 5.75. The van der Waals surface area contributed by atoms with E-state index in [1.165, 1.54) is 0 Å². The molecule has 0 bridgehead atoms. The van der Waals surface area contributed by atoms with E-state index in [-0.39, 0.29) is 0 Å². The minimum Gasteiger partial charge on any atom is -0.369 e. The number of hydrazine groups is 1. The van der Waals surface area contributed by atoms with Gasteiger partial charge in [-0.05, 0) is 18.6 Å². The molecule has 16 heavy (non-hydrogen) atoms. The highest BCUT2D eigenvalue weighted by Gasteiger charge is 1.99. The monoisotopic (exact) mass is 220 g/mol. The molecule has 0 aromatic heterocycles. The molecule has 0 atom stereocenters. The van der Waals surface area contributed by atoms with E-state index in [0.29, 0.717) is 5.96 Å². The topological polar surface area (TPSA) is 53.6 Å². The first-order chi connectivity index (χ1) is 7.74. The summed E-state index contributed by atoms with van der Waals surface area (Å²) < 4.78 is 0. The number of nitrogens with zero attached hydrogens (tertiary/aromatic N) is 2. The third kappa shape index (κ3) is 4.21. The number of guanidine groups is 1. The van der Waals surface area contributed by atoms with Crippen molar-refractivity contribution in [2.75, 3.05) is 18.6 Å². The van der Waals surface area contributed by atoms with Gasteiger partial charge in [-0.1, -0.05) is 31.5 Å². The smallest absolute Gasteiger partial charge is 0.207 e. The maximum atomic E-state index is 5.75. The van der Waals surface area contributed by atoms with Gasteiger partial charge in [-0.3, -0.25) is 15.4 Å². The number of hydrogen-bond donors (Lipinski definition) is 2. The van der Waals surface area contributed by atoms with Crippen LogP contribution in [-0.4, -0.2) is 19.6 Å². The minimum atomic E-state index is 0.458. The van der Waals surface area contributed by atoms with Crippen molar-refractivity contribution in [3.63, 3.8) is 0 Å². The summed E-state index contributed by atoms with van der Waals surface area (Å²) in [6.45, 7) is 2.91. The molecule has 0 saturated carbocycles. The summed E-state index contributed by atoms with van der Waals surface area (Å²) in [7, 11) is 1.91. The Balaban J connectivity index is 2.45. The highest BCUT2D eigenvalue weighted by atomic mass is 15.5. The van der Waals surface area contributed by atoms with Gasteiger partial charge in [0.15, 0.2) is 0 Å². The number of anilines is 1. The first-order valence-electron chi connectivity index (χ1n) is 5.59. The van der Waals surface area contributed by atoms with Gasteiger partial charge in [0.1, 0.15) is 0 Å². The molecule has 1 aromatic carbocycles. The van der Waals surface area contributed by atoms with Crippen LogP contribution in [0.4, 0.5) is 5.69 Å². The predicted molar refractivity (Wildman–Crippen MR) is 69.4 cm³/mol. The molecule has 0 aliphatic heterocycles. The molecule has 0 radical (unpaired) electrons. The zero-order valence-corrected chi connectivity index (χ0v) is 9.98. The molecule has 0 unspecified atom stereocenters. The molecule has 0 saturated heterocycles. The van der Waals surface area contributed by atoms with Crippen molar-refractivity contribution in [2.24, 2.45) is 10.7 Å². The van der Waals surface area contributed by atoms with Crippen LogP contribution in [0.25, 0.3) is 0 Å². The zero-order valence-electron chi connectivity index (χ0n) is 9.98.